The van der Waals surface area contributed by atoms with Crippen molar-refractivity contribution < 1.29 is 13.2 Å². The number of rotatable bonds is 6. The maximum atomic E-state index is 12.4. The Morgan fingerprint density at radius 3 is 2.48 bits per heavy atom. The Bertz CT molecular complexity index is 775. The van der Waals surface area contributed by atoms with Crippen LogP contribution in [0.1, 0.15) is 36.4 Å². The number of nitrogens with zero attached hydrogens (tertiary/aromatic N) is 1. The van der Waals surface area contributed by atoms with Crippen LogP contribution in [-0.2, 0) is 16.6 Å². The lowest BCUT2D eigenvalue weighted by molar-refractivity contribution is 0.240. The molecule has 0 unspecified atom stereocenters. The van der Waals surface area contributed by atoms with Gasteiger partial charge in [0.25, 0.3) is 0 Å². The van der Waals surface area contributed by atoms with E-state index in [-0.39, 0.29) is 17.5 Å². The Morgan fingerprint density at radius 1 is 1.26 bits per heavy atom. The first-order valence-corrected chi connectivity index (χ1v) is 8.96. The molecular weight excluding hydrogens is 314 g/mol. The van der Waals surface area contributed by atoms with E-state index in [1.165, 1.54) is 0 Å². The lowest BCUT2D eigenvalue weighted by Crippen LogP contribution is -2.24. The number of nitrogens with one attached hydrogen (secondary N) is 2. The summed E-state index contributed by atoms with van der Waals surface area (Å²) in [6.45, 7) is 9.46. The van der Waals surface area contributed by atoms with Crippen LogP contribution in [0.3, 0.4) is 0 Å². The van der Waals surface area contributed by atoms with Crippen molar-refractivity contribution in [2.24, 2.45) is 0 Å². The number of aromatic nitrogens is 2. The summed E-state index contributed by atoms with van der Waals surface area (Å²) >= 11 is 0. The Kier molecular flexibility index (Phi) is 5.11. The van der Waals surface area contributed by atoms with Crippen LogP contribution in [0.15, 0.2) is 23.1 Å². The molecule has 6 nitrogen and oxygen atoms in total. The standard InChI is InChI=1S/C16H23N3O3S/c1-10(2)22-15-7-6-14(8-11(15)3)9-17-23(20,21)16-12(4)18-19-13(16)5/h6-8,10,17H,9H2,1-5H3,(H,18,19). The predicted octanol–water partition coefficient (Wildman–Crippen LogP) is 2.60. The average molecular weight is 337 g/mol. The molecule has 126 valence electrons. The Balaban J connectivity index is 2.13. The summed E-state index contributed by atoms with van der Waals surface area (Å²) < 4.78 is 33.1. The van der Waals surface area contributed by atoms with Crippen molar-refractivity contribution in [2.75, 3.05) is 0 Å². The van der Waals surface area contributed by atoms with Crippen LogP contribution < -0.4 is 9.46 Å². The van der Waals surface area contributed by atoms with Gasteiger partial charge in [-0.2, -0.15) is 5.10 Å². The third-order valence-corrected chi connectivity index (χ3v) is 5.06. The van der Waals surface area contributed by atoms with E-state index in [1.54, 1.807) is 13.8 Å². The molecule has 1 aromatic carbocycles. The summed E-state index contributed by atoms with van der Waals surface area (Å²) in [6, 6.07) is 5.66. The highest BCUT2D eigenvalue weighted by Gasteiger charge is 2.21. The molecule has 7 heteroatoms. The zero-order chi connectivity index (χ0) is 17.2. The maximum Gasteiger partial charge on any atom is 0.244 e. The van der Waals surface area contributed by atoms with Gasteiger partial charge in [0.15, 0.2) is 0 Å². The normalized spacial score (nSPS) is 11.9. The number of aryl methyl sites for hydroxylation is 3. The second-order valence-corrected chi connectivity index (χ2v) is 7.56. The number of benzene rings is 1. The molecule has 0 amide bonds. The van der Waals surface area contributed by atoms with E-state index in [2.05, 4.69) is 14.9 Å². The minimum Gasteiger partial charge on any atom is -0.491 e. The lowest BCUT2D eigenvalue weighted by Gasteiger charge is -2.13. The van der Waals surface area contributed by atoms with Crippen molar-refractivity contribution in [3.8, 4) is 5.75 Å². The zero-order valence-electron chi connectivity index (χ0n) is 14.1. The van der Waals surface area contributed by atoms with Gasteiger partial charge in [0.05, 0.1) is 17.5 Å². The molecule has 0 atom stereocenters. The van der Waals surface area contributed by atoms with Crippen LogP contribution in [0.5, 0.6) is 5.75 Å². The molecule has 0 bridgehead atoms. The van der Waals surface area contributed by atoms with Gasteiger partial charge in [0.1, 0.15) is 10.6 Å². The summed E-state index contributed by atoms with van der Waals surface area (Å²) in [5.74, 6) is 0.813. The highest BCUT2D eigenvalue weighted by molar-refractivity contribution is 7.89. The van der Waals surface area contributed by atoms with Crippen LogP contribution in [0.2, 0.25) is 0 Å². The van der Waals surface area contributed by atoms with Crippen molar-refractivity contribution in [2.45, 2.75) is 52.2 Å². The quantitative estimate of drug-likeness (QED) is 0.848. The third-order valence-electron chi connectivity index (χ3n) is 3.40. The fourth-order valence-electron chi connectivity index (χ4n) is 2.39. The Morgan fingerprint density at radius 2 is 1.96 bits per heavy atom. The highest BCUT2D eigenvalue weighted by atomic mass is 32.2. The van der Waals surface area contributed by atoms with Crippen molar-refractivity contribution in [1.29, 1.82) is 0 Å². The lowest BCUT2D eigenvalue weighted by atomic mass is 10.1. The number of ether oxygens (including phenoxy) is 1. The van der Waals surface area contributed by atoms with Crippen molar-refractivity contribution in [1.82, 2.24) is 14.9 Å². The van der Waals surface area contributed by atoms with Crippen LogP contribution >= 0.6 is 0 Å². The second kappa shape index (κ2) is 6.72. The first-order valence-electron chi connectivity index (χ1n) is 7.48. The van der Waals surface area contributed by atoms with Gasteiger partial charge in [-0.25, -0.2) is 13.1 Å². The predicted molar refractivity (Wildman–Crippen MR) is 89.0 cm³/mol. The van der Waals surface area contributed by atoms with Crippen molar-refractivity contribution >= 4 is 10.0 Å². The molecule has 0 aliphatic rings. The smallest absolute Gasteiger partial charge is 0.244 e. The number of aromatic amines is 1. The molecule has 1 aromatic heterocycles. The van der Waals surface area contributed by atoms with E-state index in [0.717, 1.165) is 16.9 Å². The molecule has 2 rings (SSSR count). The number of hydrogen-bond donors (Lipinski definition) is 2. The van der Waals surface area contributed by atoms with E-state index in [0.29, 0.717) is 11.4 Å². The van der Waals surface area contributed by atoms with Crippen LogP contribution in [0.25, 0.3) is 0 Å². The highest BCUT2D eigenvalue weighted by Crippen LogP contribution is 2.21. The van der Waals surface area contributed by atoms with Gasteiger partial charge >= 0.3 is 0 Å². The summed E-state index contributed by atoms with van der Waals surface area (Å²) in [7, 11) is -3.59. The molecule has 0 aliphatic carbocycles. The topological polar surface area (TPSA) is 84.1 Å². The van der Waals surface area contributed by atoms with Crippen LogP contribution in [0.4, 0.5) is 0 Å². The van der Waals surface area contributed by atoms with Crippen molar-refractivity contribution in [3.05, 3.63) is 40.7 Å². The zero-order valence-corrected chi connectivity index (χ0v) is 14.9. The third kappa shape index (κ3) is 4.11. The summed E-state index contributed by atoms with van der Waals surface area (Å²) in [5, 5.41) is 6.62. The van der Waals surface area contributed by atoms with Crippen LogP contribution in [0, 0.1) is 20.8 Å². The molecule has 0 radical (unpaired) electrons. The molecule has 2 N–H and O–H groups in total. The minimum absolute atomic E-state index is 0.102. The monoisotopic (exact) mass is 337 g/mol. The summed E-state index contributed by atoms with van der Waals surface area (Å²) in [5.41, 5.74) is 2.85. The largest absolute Gasteiger partial charge is 0.491 e. The van der Waals surface area contributed by atoms with E-state index >= 15 is 0 Å². The first-order chi connectivity index (χ1) is 10.7. The van der Waals surface area contributed by atoms with Gasteiger partial charge in [-0.1, -0.05) is 12.1 Å². The molecule has 1 heterocycles. The molecule has 0 aliphatic heterocycles. The fourth-order valence-corrected chi connectivity index (χ4v) is 3.78. The molecule has 0 fully saturated rings. The Labute approximate surface area is 137 Å². The first kappa shape index (κ1) is 17.5. The molecule has 0 saturated carbocycles. The molecule has 0 saturated heterocycles. The Hall–Kier alpha value is -1.86. The van der Waals surface area contributed by atoms with E-state index < -0.39 is 10.0 Å². The summed E-state index contributed by atoms with van der Waals surface area (Å²) in [6.07, 6.45) is 0.102. The SMILES string of the molecule is Cc1cc(CNS(=O)(=O)c2c(C)n[nH]c2C)ccc1OC(C)C. The van der Waals surface area contributed by atoms with Gasteiger partial charge in [0, 0.05) is 6.54 Å². The van der Waals surface area contributed by atoms with E-state index in [4.69, 9.17) is 4.74 Å². The minimum atomic E-state index is -3.59. The second-order valence-electron chi connectivity index (χ2n) is 5.85. The van der Waals surface area contributed by atoms with Crippen LogP contribution in [-0.4, -0.2) is 24.7 Å². The maximum absolute atomic E-state index is 12.4. The van der Waals surface area contributed by atoms with Crippen molar-refractivity contribution in [3.63, 3.8) is 0 Å². The molecule has 23 heavy (non-hydrogen) atoms. The van der Waals surface area contributed by atoms with Gasteiger partial charge < -0.3 is 4.74 Å². The fraction of sp³-hybridized carbons (Fsp3) is 0.438. The van der Waals surface area contributed by atoms with Gasteiger partial charge in [0.2, 0.25) is 10.0 Å². The molecular formula is C16H23N3O3S. The number of H-pyrrole nitrogens is 1. The van der Waals surface area contributed by atoms with E-state index in [1.807, 2.05) is 39.0 Å². The molecule has 2 aromatic rings. The van der Waals surface area contributed by atoms with Gasteiger partial charge in [-0.05, 0) is 51.8 Å². The van der Waals surface area contributed by atoms with Gasteiger partial charge in [-0.15, -0.1) is 0 Å². The number of hydrogen-bond acceptors (Lipinski definition) is 4. The molecule has 0 spiro atoms. The summed E-state index contributed by atoms with van der Waals surface area (Å²) in [4.78, 5) is 0.217. The van der Waals surface area contributed by atoms with E-state index in [9.17, 15) is 8.42 Å². The number of sulfonamides is 1. The van der Waals surface area contributed by atoms with Gasteiger partial charge in [-0.3, -0.25) is 5.10 Å². The average Bonchev–Trinajstić information content (AvgIpc) is 2.79.